The Morgan fingerprint density at radius 3 is 2.71 bits per heavy atom. The first-order chi connectivity index (χ1) is 8.18. The van der Waals surface area contributed by atoms with Gasteiger partial charge in [0.2, 0.25) is 5.91 Å². The highest BCUT2D eigenvalue weighted by Crippen LogP contribution is 2.30. The first-order valence-corrected chi connectivity index (χ1v) is 6.81. The number of amides is 1. The van der Waals surface area contributed by atoms with Gasteiger partial charge in [0.15, 0.2) is 0 Å². The summed E-state index contributed by atoms with van der Waals surface area (Å²) in [7, 11) is 0. The summed E-state index contributed by atoms with van der Waals surface area (Å²) in [5.41, 5.74) is 0.0752. The minimum atomic E-state index is 0.0752. The molecule has 0 bridgehead atoms. The van der Waals surface area contributed by atoms with Crippen molar-refractivity contribution < 1.29 is 9.53 Å². The normalized spacial score (nSPS) is 24.1. The number of hydrogen-bond acceptors (Lipinski definition) is 3. The molecule has 0 aromatic heterocycles. The summed E-state index contributed by atoms with van der Waals surface area (Å²) in [6.07, 6.45) is 6.46. The summed E-state index contributed by atoms with van der Waals surface area (Å²) >= 11 is 0. The van der Waals surface area contributed by atoms with Crippen LogP contribution in [-0.4, -0.2) is 37.2 Å². The molecular formula is C13H24N2O2. The van der Waals surface area contributed by atoms with Gasteiger partial charge in [0.25, 0.3) is 0 Å². The van der Waals surface area contributed by atoms with Crippen molar-refractivity contribution in [2.24, 2.45) is 0 Å². The largest absolute Gasteiger partial charge is 0.378 e. The smallest absolute Gasteiger partial charge is 0.222 e. The van der Waals surface area contributed by atoms with E-state index in [0.717, 1.165) is 38.8 Å². The topological polar surface area (TPSA) is 50.4 Å². The molecule has 2 fully saturated rings. The van der Waals surface area contributed by atoms with Crippen LogP contribution in [0.15, 0.2) is 0 Å². The van der Waals surface area contributed by atoms with E-state index in [0.29, 0.717) is 19.1 Å². The molecule has 98 valence electrons. The van der Waals surface area contributed by atoms with Crippen LogP contribution in [0.25, 0.3) is 0 Å². The predicted octanol–water partition coefficient (Wildman–Crippen LogP) is 1.20. The van der Waals surface area contributed by atoms with E-state index in [9.17, 15) is 4.79 Å². The third-order valence-electron chi connectivity index (χ3n) is 3.87. The number of nitrogens with one attached hydrogen (secondary N) is 2. The van der Waals surface area contributed by atoms with Crippen molar-refractivity contribution in [3.8, 4) is 0 Å². The molecule has 1 heterocycles. The molecule has 0 aromatic carbocycles. The maximum absolute atomic E-state index is 11.7. The summed E-state index contributed by atoms with van der Waals surface area (Å²) in [5.74, 6) is 0.140. The molecule has 17 heavy (non-hydrogen) atoms. The first kappa shape index (κ1) is 12.8. The second-order valence-corrected chi connectivity index (χ2v) is 5.53. The zero-order chi connectivity index (χ0) is 12.1. The second-order valence-electron chi connectivity index (χ2n) is 5.53. The molecule has 1 aliphatic carbocycles. The average molecular weight is 240 g/mol. The van der Waals surface area contributed by atoms with E-state index in [2.05, 4.69) is 17.6 Å². The van der Waals surface area contributed by atoms with Crippen LogP contribution in [0, 0.1) is 0 Å². The van der Waals surface area contributed by atoms with Crippen molar-refractivity contribution in [2.75, 3.05) is 19.7 Å². The van der Waals surface area contributed by atoms with Crippen LogP contribution in [0.2, 0.25) is 0 Å². The van der Waals surface area contributed by atoms with Gasteiger partial charge in [-0.1, -0.05) is 0 Å². The fourth-order valence-electron chi connectivity index (χ4n) is 2.51. The number of hydrogen-bond donors (Lipinski definition) is 2. The summed E-state index contributed by atoms with van der Waals surface area (Å²) in [5, 5.41) is 6.40. The summed E-state index contributed by atoms with van der Waals surface area (Å²) in [6, 6.07) is 0. The van der Waals surface area contributed by atoms with E-state index in [-0.39, 0.29) is 11.4 Å². The molecule has 0 aromatic rings. The molecule has 0 spiro atoms. The minimum Gasteiger partial charge on any atom is -0.378 e. The van der Waals surface area contributed by atoms with Gasteiger partial charge < -0.3 is 15.4 Å². The van der Waals surface area contributed by atoms with Crippen LogP contribution in [0.1, 0.15) is 45.4 Å². The molecule has 1 amide bonds. The van der Waals surface area contributed by atoms with Gasteiger partial charge in [-0.25, -0.2) is 0 Å². The van der Waals surface area contributed by atoms with Crippen molar-refractivity contribution in [3.05, 3.63) is 0 Å². The lowest BCUT2D eigenvalue weighted by atomic mass is 9.78. The second kappa shape index (κ2) is 5.83. The van der Waals surface area contributed by atoms with Crippen molar-refractivity contribution in [1.82, 2.24) is 10.6 Å². The van der Waals surface area contributed by atoms with Crippen LogP contribution in [0.5, 0.6) is 0 Å². The molecule has 2 aliphatic rings. The highest BCUT2D eigenvalue weighted by molar-refractivity contribution is 5.76. The highest BCUT2D eigenvalue weighted by atomic mass is 16.5. The predicted molar refractivity (Wildman–Crippen MR) is 66.9 cm³/mol. The molecule has 2 rings (SSSR count). The van der Waals surface area contributed by atoms with Crippen LogP contribution < -0.4 is 10.6 Å². The average Bonchev–Trinajstić information content (AvgIpc) is 2.28. The fourth-order valence-corrected chi connectivity index (χ4v) is 2.51. The number of piperidine rings is 1. The standard InChI is InChI=1S/C13H24N2O2/c1-13(6-2-7-13)15-12(16)5-10-17-11-3-8-14-9-4-11/h11,14H,2-10H2,1H3,(H,15,16). The van der Waals surface area contributed by atoms with Crippen molar-refractivity contribution in [1.29, 1.82) is 0 Å². The Morgan fingerprint density at radius 2 is 2.12 bits per heavy atom. The Hall–Kier alpha value is -0.610. The Morgan fingerprint density at radius 1 is 1.41 bits per heavy atom. The monoisotopic (exact) mass is 240 g/mol. The Kier molecular flexibility index (Phi) is 4.40. The van der Waals surface area contributed by atoms with E-state index in [1.54, 1.807) is 0 Å². The molecule has 4 nitrogen and oxygen atoms in total. The van der Waals surface area contributed by atoms with E-state index in [1.807, 2.05) is 0 Å². The molecule has 1 saturated heterocycles. The van der Waals surface area contributed by atoms with E-state index < -0.39 is 0 Å². The van der Waals surface area contributed by atoms with E-state index in [4.69, 9.17) is 4.74 Å². The summed E-state index contributed by atoms with van der Waals surface area (Å²) in [4.78, 5) is 11.7. The van der Waals surface area contributed by atoms with Crippen LogP contribution in [0.4, 0.5) is 0 Å². The molecule has 0 radical (unpaired) electrons. The van der Waals surface area contributed by atoms with Gasteiger partial charge in [0.05, 0.1) is 12.7 Å². The van der Waals surface area contributed by atoms with Gasteiger partial charge in [-0.3, -0.25) is 4.79 Å². The van der Waals surface area contributed by atoms with E-state index in [1.165, 1.54) is 6.42 Å². The van der Waals surface area contributed by atoms with Crippen LogP contribution >= 0.6 is 0 Å². The SMILES string of the molecule is CC1(NC(=O)CCOC2CCNCC2)CCC1. The first-order valence-electron chi connectivity index (χ1n) is 6.81. The third-order valence-corrected chi connectivity index (χ3v) is 3.87. The molecular weight excluding hydrogens is 216 g/mol. The summed E-state index contributed by atoms with van der Waals surface area (Å²) in [6.45, 7) is 4.76. The van der Waals surface area contributed by atoms with Crippen molar-refractivity contribution in [3.63, 3.8) is 0 Å². The van der Waals surface area contributed by atoms with Gasteiger partial charge in [0, 0.05) is 12.0 Å². The van der Waals surface area contributed by atoms with Crippen molar-refractivity contribution in [2.45, 2.75) is 57.1 Å². The van der Waals surface area contributed by atoms with Gasteiger partial charge >= 0.3 is 0 Å². The van der Waals surface area contributed by atoms with Gasteiger partial charge in [-0.15, -0.1) is 0 Å². The Bertz CT molecular complexity index is 258. The number of carbonyl (C=O) groups excluding carboxylic acids is 1. The lowest BCUT2D eigenvalue weighted by molar-refractivity contribution is -0.125. The molecule has 1 aliphatic heterocycles. The quantitative estimate of drug-likeness (QED) is 0.759. The third kappa shape index (κ3) is 3.96. The lowest BCUT2D eigenvalue weighted by Gasteiger charge is -2.39. The molecule has 0 unspecified atom stereocenters. The minimum absolute atomic E-state index is 0.0752. The van der Waals surface area contributed by atoms with Gasteiger partial charge in [0.1, 0.15) is 0 Å². The lowest BCUT2D eigenvalue weighted by Crippen LogP contribution is -2.51. The van der Waals surface area contributed by atoms with Gasteiger partial charge in [-0.2, -0.15) is 0 Å². The van der Waals surface area contributed by atoms with Gasteiger partial charge in [-0.05, 0) is 52.1 Å². The zero-order valence-corrected chi connectivity index (χ0v) is 10.8. The number of ether oxygens (including phenoxy) is 1. The van der Waals surface area contributed by atoms with Crippen molar-refractivity contribution >= 4 is 5.91 Å². The van der Waals surface area contributed by atoms with Crippen LogP contribution in [0.3, 0.4) is 0 Å². The molecule has 2 N–H and O–H groups in total. The molecule has 4 heteroatoms. The van der Waals surface area contributed by atoms with E-state index >= 15 is 0 Å². The molecule has 1 saturated carbocycles. The zero-order valence-electron chi connectivity index (χ0n) is 10.8. The fraction of sp³-hybridized carbons (Fsp3) is 0.923. The summed E-state index contributed by atoms with van der Waals surface area (Å²) < 4.78 is 5.72. The Labute approximate surface area is 103 Å². The van der Waals surface area contributed by atoms with Crippen LogP contribution in [-0.2, 0) is 9.53 Å². The number of carbonyl (C=O) groups is 1. The Balaban J connectivity index is 1.56. The number of rotatable bonds is 5. The maximum Gasteiger partial charge on any atom is 0.222 e. The molecule has 0 atom stereocenters. The highest BCUT2D eigenvalue weighted by Gasteiger charge is 2.32. The maximum atomic E-state index is 11.7.